The number of hydrogen-bond donors (Lipinski definition) is 0. The van der Waals surface area contributed by atoms with E-state index in [2.05, 4.69) is 43.9 Å². The van der Waals surface area contributed by atoms with Crippen molar-refractivity contribution in [3.63, 3.8) is 0 Å². The first kappa shape index (κ1) is 24.9. The molecule has 4 aromatic rings. The maximum atomic E-state index is 13.2. The second-order valence-corrected chi connectivity index (χ2v) is 10.1. The molecule has 0 aliphatic carbocycles. The number of hydrogen-bond acceptors (Lipinski definition) is 4. The van der Waals surface area contributed by atoms with E-state index in [9.17, 15) is 9.18 Å². The van der Waals surface area contributed by atoms with E-state index in [4.69, 9.17) is 10.1 Å². The summed E-state index contributed by atoms with van der Waals surface area (Å²) in [6.45, 7) is 13.2. The van der Waals surface area contributed by atoms with Crippen LogP contribution in [-0.2, 0) is 11.2 Å². The van der Waals surface area contributed by atoms with Gasteiger partial charge >= 0.3 is 0 Å². The standard InChI is InChI=1S/C30H34FN5O/c1-19-6-9-26(18-20(19)2)36-30-29(23(5)33-36)21(3)27(22(4)32-30)12-13-28(37)35-16-14-34(15-17-35)25-10-7-24(31)8-11-25/h6-11,18H,12-17H2,1-5H3. The molecule has 192 valence electrons. The van der Waals surface area contributed by atoms with Crippen molar-refractivity contribution in [2.75, 3.05) is 31.1 Å². The molecule has 6 nitrogen and oxygen atoms in total. The number of aryl methyl sites for hydroxylation is 5. The Morgan fingerprint density at radius 1 is 0.865 bits per heavy atom. The molecule has 3 heterocycles. The lowest BCUT2D eigenvalue weighted by Gasteiger charge is -2.36. The fraction of sp³-hybridized carbons (Fsp3) is 0.367. The summed E-state index contributed by atoms with van der Waals surface area (Å²) < 4.78 is 15.2. The number of carbonyl (C=O) groups is 1. The number of halogens is 1. The molecule has 1 fully saturated rings. The number of fused-ring (bicyclic) bond motifs is 1. The van der Waals surface area contributed by atoms with Crippen molar-refractivity contribution in [3.8, 4) is 5.69 Å². The fourth-order valence-corrected chi connectivity index (χ4v) is 5.37. The third kappa shape index (κ3) is 4.82. The zero-order chi connectivity index (χ0) is 26.3. The van der Waals surface area contributed by atoms with Gasteiger partial charge in [-0.25, -0.2) is 14.1 Å². The van der Waals surface area contributed by atoms with Crippen molar-refractivity contribution in [1.82, 2.24) is 19.7 Å². The molecule has 0 bridgehead atoms. The Hall–Kier alpha value is -3.74. The van der Waals surface area contributed by atoms with Crippen LogP contribution >= 0.6 is 0 Å². The first-order chi connectivity index (χ1) is 17.7. The summed E-state index contributed by atoms with van der Waals surface area (Å²) >= 11 is 0. The van der Waals surface area contributed by atoms with Crippen molar-refractivity contribution in [1.29, 1.82) is 0 Å². The van der Waals surface area contributed by atoms with E-state index in [1.807, 2.05) is 23.4 Å². The van der Waals surface area contributed by atoms with Crippen molar-refractivity contribution >= 4 is 22.6 Å². The molecule has 0 atom stereocenters. The molecule has 1 saturated heterocycles. The van der Waals surface area contributed by atoms with Crippen LogP contribution in [0.1, 0.15) is 40.1 Å². The van der Waals surface area contributed by atoms with E-state index in [0.717, 1.165) is 58.0 Å². The molecule has 1 amide bonds. The van der Waals surface area contributed by atoms with Gasteiger partial charge in [0, 0.05) is 49.4 Å². The van der Waals surface area contributed by atoms with E-state index in [1.54, 1.807) is 12.1 Å². The van der Waals surface area contributed by atoms with Crippen molar-refractivity contribution in [3.05, 3.63) is 81.9 Å². The van der Waals surface area contributed by atoms with Crippen LogP contribution in [0.25, 0.3) is 16.7 Å². The van der Waals surface area contributed by atoms with Crippen LogP contribution in [-0.4, -0.2) is 51.8 Å². The number of nitrogens with zero attached hydrogens (tertiary/aromatic N) is 5. The minimum Gasteiger partial charge on any atom is -0.368 e. The lowest BCUT2D eigenvalue weighted by Crippen LogP contribution is -2.48. The highest BCUT2D eigenvalue weighted by Crippen LogP contribution is 2.29. The van der Waals surface area contributed by atoms with Gasteiger partial charge in [-0.1, -0.05) is 6.07 Å². The summed E-state index contributed by atoms with van der Waals surface area (Å²) in [4.78, 5) is 22.2. The molecule has 0 radical (unpaired) electrons. The highest BCUT2D eigenvalue weighted by molar-refractivity contribution is 5.85. The van der Waals surface area contributed by atoms with E-state index in [0.29, 0.717) is 25.9 Å². The van der Waals surface area contributed by atoms with Crippen LogP contribution in [0, 0.1) is 40.4 Å². The lowest BCUT2D eigenvalue weighted by atomic mass is 9.99. The van der Waals surface area contributed by atoms with Gasteiger partial charge in [-0.15, -0.1) is 0 Å². The molecule has 5 rings (SSSR count). The van der Waals surface area contributed by atoms with Gasteiger partial charge in [-0.05, 0) is 99.7 Å². The lowest BCUT2D eigenvalue weighted by molar-refractivity contribution is -0.131. The smallest absolute Gasteiger partial charge is 0.223 e. The van der Waals surface area contributed by atoms with Gasteiger partial charge in [-0.2, -0.15) is 5.10 Å². The van der Waals surface area contributed by atoms with E-state index in [-0.39, 0.29) is 11.7 Å². The molecule has 37 heavy (non-hydrogen) atoms. The predicted octanol–water partition coefficient (Wildman–Crippen LogP) is 5.38. The zero-order valence-corrected chi connectivity index (χ0v) is 22.3. The van der Waals surface area contributed by atoms with Crippen LogP contribution in [0.4, 0.5) is 10.1 Å². The normalized spacial score (nSPS) is 14.0. The first-order valence-electron chi connectivity index (χ1n) is 12.9. The molecule has 2 aromatic carbocycles. The maximum Gasteiger partial charge on any atom is 0.223 e. The second kappa shape index (κ2) is 9.96. The number of anilines is 1. The number of rotatable bonds is 5. The summed E-state index contributed by atoms with van der Waals surface area (Å²) in [5.74, 6) is -0.0659. The van der Waals surface area contributed by atoms with Crippen LogP contribution in [0.3, 0.4) is 0 Å². The molecule has 1 aliphatic heterocycles. The van der Waals surface area contributed by atoms with Crippen LogP contribution < -0.4 is 4.90 Å². The van der Waals surface area contributed by atoms with E-state index in [1.165, 1.54) is 23.3 Å². The number of pyridine rings is 1. The third-order valence-electron chi connectivity index (χ3n) is 7.72. The van der Waals surface area contributed by atoms with Crippen molar-refractivity contribution in [2.24, 2.45) is 0 Å². The molecule has 0 spiro atoms. The first-order valence-corrected chi connectivity index (χ1v) is 12.9. The average Bonchev–Trinajstić information content (AvgIpc) is 3.22. The Labute approximate surface area is 217 Å². The molecule has 0 saturated carbocycles. The highest BCUT2D eigenvalue weighted by atomic mass is 19.1. The fourth-order valence-electron chi connectivity index (χ4n) is 5.37. The quantitative estimate of drug-likeness (QED) is 0.370. The van der Waals surface area contributed by atoms with Gasteiger partial charge in [0.1, 0.15) is 5.82 Å². The molecular weight excluding hydrogens is 465 g/mol. The number of aromatic nitrogens is 3. The van der Waals surface area contributed by atoms with Crippen molar-refractivity contribution in [2.45, 2.75) is 47.5 Å². The van der Waals surface area contributed by atoms with Gasteiger partial charge in [-0.3, -0.25) is 4.79 Å². The average molecular weight is 500 g/mol. The van der Waals surface area contributed by atoms with Crippen LogP contribution in [0.15, 0.2) is 42.5 Å². The summed E-state index contributed by atoms with van der Waals surface area (Å²) in [5, 5.41) is 5.90. The van der Waals surface area contributed by atoms with Gasteiger partial charge in [0.05, 0.1) is 11.4 Å². The summed E-state index contributed by atoms with van der Waals surface area (Å²) in [7, 11) is 0. The summed E-state index contributed by atoms with van der Waals surface area (Å²) in [6.07, 6.45) is 1.11. The van der Waals surface area contributed by atoms with Crippen LogP contribution in [0.2, 0.25) is 0 Å². The minimum atomic E-state index is -0.233. The molecule has 7 heteroatoms. The Bertz CT molecular complexity index is 1470. The number of piperazine rings is 1. The van der Waals surface area contributed by atoms with Gasteiger partial charge in [0.25, 0.3) is 0 Å². The number of carbonyl (C=O) groups excluding carboxylic acids is 1. The second-order valence-electron chi connectivity index (χ2n) is 10.1. The SMILES string of the molecule is Cc1ccc(-n2nc(C)c3c(C)c(CCC(=O)N4CCN(c5ccc(F)cc5)CC4)c(C)nc32)cc1C. The Morgan fingerprint density at radius 3 is 2.22 bits per heavy atom. The Morgan fingerprint density at radius 2 is 1.54 bits per heavy atom. The summed E-state index contributed by atoms with van der Waals surface area (Å²) in [6, 6.07) is 12.9. The topological polar surface area (TPSA) is 54.3 Å². The Balaban J connectivity index is 1.30. The third-order valence-corrected chi connectivity index (χ3v) is 7.72. The number of amides is 1. The number of benzene rings is 2. The molecular formula is C30H34FN5O. The van der Waals surface area contributed by atoms with Gasteiger partial charge in [0.15, 0.2) is 5.65 Å². The van der Waals surface area contributed by atoms with Gasteiger partial charge < -0.3 is 9.80 Å². The molecule has 1 aliphatic rings. The summed E-state index contributed by atoms with van der Waals surface area (Å²) in [5.41, 5.74) is 9.53. The Kier molecular flexibility index (Phi) is 6.71. The maximum absolute atomic E-state index is 13.2. The largest absolute Gasteiger partial charge is 0.368 e. The zero-order valence-electron chi connectivity index (χ0n) is 22.3. The van der Waals surface area contributed by atoms with Crippen LogP contribution in [0.5, 0.6) is 0 Å². The molecule has 0 N–H and O–H groups in total. The predicted molar refractivity (Wildman–Crippen MR) is 146 cm³/mol. The van der Waals surface area contributed by atoms with Gasteiger partial charge in [0.2, 0.25) is 5.91 Å². The van der Waals surface area contributed by atoms with E-state index < -0.39 is 0 Å². The monoisotopic (exact) mass is 499 g/mol. The highest BCUT2D eigenvalue weighted by Gasteiger charge is 2.23. The molecule has 2 aromatic heterocycles. The van der Waals surface area contributed by atoms with E-state index >= 15 is 0 Å². The molecule has 0 unspecified atom stereocenters. The minimum absolute atomic E-state index is 0.167. The van der Waals surface area contributed by atoms with Crippen molar-refractivity contribution < 1.29 is 9.18 Å².